The zero-order chi connectivity index (χ0) is 13.2. The average molecular weight is 316 g/mol. The summed E-state index contributed by atoms with van der Waals surface area (Å²) in [7, 11) is 0. The molecule has 1 aromatic heterocycles. The lowest BCUT2D eigenvalue weighted by Gasteiger charge is -2.08. The van der Waals surface area contributed by atoms with Crippen LogP contribution in [0.15, 0.2) is 35.1 Å². The summed E-state index contributed by atoms with van der Waals surface area (Å²) in [4.78, 5) is 0. The van der Waals surface area contributed by atoms with E-state index in [1.165, 1.54) is 25.7 Å². The van der Waals surface area contributed by atoms with Crippen LogP contribution < -0.4 is 0 Å². The first-order valence-electron chi connectivity index (χ1n) is 6.51. The molecule has 3 rings (SSSR count). The van der Waals surface area contributed by atoms with Crippen molar-refractivity contribution in [3.63, 3.8) is 0 Å². The van der Waals surface area contributed by atoms with Crippen molar-refractivity contribution in [1.82, 2.24) is 9.78 Å². The zero-order valence-electron chi connectivity index (χ0n) is 10.5. The fourth-order valence-electron chi connectivity index (χ4n) is 2.68. The molecule has 1 aromatic carbocycles. The van der Waals surface area contributed by atoms with E-state index in [1.807, 2.05) is 24.4 Å². The van der Waals surface area contributed by atoms with E-state index in [2.05, 4.69) is 38.0 Å². The Kier molecular flexibility index (Phi) is 3.39. The van der Waals surface area contributed by atoms with Gasteiger partial charge in [0.15, 0.2) is 0 Å². The Morgan fingerprint density at radius 2 is 2.00 bits per heavy atom. The van der Waals surface area contributed by atoms with Crippen molar-refractivity contribution in [2.45, 2.75) is 31.7 Å². The quantitative estimate of drug-likeness (QED) is 0.829. The van der Waals surface area contributed by atoms with E-state index >= 15 is 0 Å². The van der Waals surface area contributed by atoms with E-state index in [0.29, 0.717) is 11.6 Å². The largest absolute Gasteiger partial charge is 0.269 e. The number of hydrogen-bond donors (Lipinski definition) is 0. The van der Waals surface area contributed by atoms with Gasteiger partial charge in [0.2, 0.25) is 0 Å². The van der Waals surface area contributed by atoms with Gasteiger partial charge < -0.3 is 0 Å². The van der Waals surface area contributed by atoms with Crippen LogP contribution in [0.3, 0.4) is 0 Å². The summed E-state index contributed by atoms with van der Waals surface area (Å²) in [6, 6.07) is 8.49. The fraction of sp³-hybridized carbons (Fsp3) is 0.333. The van der Waals surface area contributed by atoms with Gasteiger partial charge in [0, 0.05) is 16.2 Å². The number of aromatic nitrogens is 2. The van der Waals surface area contributed by atoms with Gasteiger partial charge in [-0.3, -0.25) is 4.68 Å². The number of nitrogens with zero attached hydrogens (tertiary/aromatic N) is 3. The molecule has 0 unspecified atom stereocenters. The second-order valence-electron chi connectivity index (χ2n) is 4.99. The van der Waals surface area contributed by atoms with Crippen molar-refractivity contribution in [2.24, 2.45) is 0 Å². The molecule has 0 atom stereocenters. The van der Waals surface area contributed by atoms with Gasteiger partial charge in [-0.05, 0) is 36.6 Å². The van der Waals surface area contributed by atoms with E-state index < -0.39 is 0 Å². The first-order chi connectivity index (χ1) is 9.26. The lowest BCUT2D eigenvalue weighted by molar-refractivity contribution is 0.467. The maximum absolute atomic E-state index is 9.02. The third-order valence-electron chi connectivity index (χ3n) is 3.66. The van der Waals surface area contributed by atoms with E-state index in [-0.39, 0.29) is 0 Å². The summed E-state index contributed by atoms with van der Waals surface area (Å²) in [6.07, 6.45) is 9.04. The maximum atomic E-state index is 9.02. The molecule has 1 fully saturated rings. The topological polar surface area (TPSA) is 41.6 Å². The predicted octanol–water partition coefficient (Wildman–Crippen LogP) is 4.30. The fourth-order valence-corrected chi connectivity index (χ4v) is 3.17. The summed E-state index contributed by atoms with van der Waals surface area (Å²) in [5.41, 5.74) is 2.78. The Hall–Kier alpha value is -1.60. The summed E-state index contributed by atoms with van der Waals surface area (Å²) in [5.74, 6) is 0. The predicted molar refractivity (Wildman–Crippen MR) is 77.6 cm³/mol. The molecule has 0 radical (unpaired) electrons. The molecule has 1 saturated carbocycles. The number of nitriles is 1. The van der Waals surface area contributed by atoms with Crippen LogP contribution in [-0.2, 0) is 0 Å². The van der Waals surface area contributed by atoms with Crippen molar-refractivity contribution < 1.29 is 0 Å². The van der Waals surface area contributed by atoms with E-state index in [0.717, 1.165) is 15.6 Å². The molecule has 0 aliphatic heterocycles. The molecule has 1 aliphatic rings. The highest BCUT2D eigenvalue weighted by atomic mass is 79.9. The van der Waals surface area contributed by atoms with Gasteiger partial charge in [0.25, 0.3) is 0 Å². The Bertz CT molecular complexity index is 633. The van der Waals surface area contributed by atoms with Crippen LogP contribution >= 0.6 is 15.9 Å². The standard InChI is InChI=1S/C15H14BrN3/c16-14-6-11(8-17)5-12(7-14)13-9-18-19(10-13)15-3-1-2-4-15/h5-7,9-10,15H,1-4H2. The zero-order valence-corrected chi connectivity index (χ0v) is 12.1. The maximum Gasteiger partial charge on any atom is 0.0992 e. The molecule has 19 heavy (non-hydrogen) atoms. The third kappa shape index (κ3) is 2.57. The average Bonchev–Trinajstić information content (AvgIpc) is 3.08. The van der Waals surface area contributed by atoms with Gasteiger partial charge in [0.1, 0.15) is 0 Å². The number of halogens is 1. The molecule has 0 N–H and O–H groups in total. The van der Waals surface area contributed by atoms with Crippen LogP contribution in [0, 0.1) is 11.3 Å². The number of hydrogen-bond acceptors (Lipinski definition) is 2. The van der Waals surface area contributed by atoms with Crippen LogP contribution in [-0.4, -0.2) is 9.78 Å². The highest BCUT2D eigenvalue weighted by Crippen LogP contribution is 2.31. The van der Waals surface area contributed by atoms with Crippen LogP contribution in [0.2, 0.25) is 0 Å². The summed E-state index contributed by atoms with van der Waals surface area (Å²) >= 11 is 3.45. The monoisotopic (exact) mass is 315 g/mol. The Balaban J connectivity index is 1.94. The highest BCUT2D eigenvalue weighted by Gasteiger charge is 2.17. The van der Waals surface area contributed by atoms with Crippen LogP contribution in [0.4, 0.5) is 0 Å². The first kappa shape index (κ1) is 12.4. The van der Waals surface area contributed by atoms with Gasteiger partial charge in [-0.2, -0.15) is 10.4 Å². The Morgan fingerprint density at radius 1 is 1.21 bits per heavy atom. The number of benzene rings is 1. The van der Waals surface area contributed by atoms with Crippen molar-refractivity contribution in [3.8, 4) is 17.2 Å². The van der Waals surface area contributed by atoms with Gasteiger partial charge in [0.05, 0.1) is 23.9 Å². The minimum absolute atomic E-state index is 0.552. The van der Waals surface area contributed by atoms with Crippen molar-refractivity contribution in [3.05, 3.63) is 40.6 Å². The molecule has 2 aromatic rings. The van der Waals surface area contributed by atoms with Crippen molar-refractivity contribution in [2.75, 3.05) is 0 Å². The third-order valence-corrected chi connectivity index (χ3v) is 4.12. The molecule has 3 nitrogen and oxygen atoms in total. The molecule has 0 spiro atoms. The first-order valence-corrected chi connectivity index (χ1v) is 7.31. The van der Waals surface area contributed by atoms with Gasteiger partial charge in [-0.15, -0.1) is 0 Å². The highest BCUT2D eigenvalue weighted by molar-refractivity contribution is 9.10. The van der Waals surface area contributed by atoms with E-state index in [1.54, 1.807) is 0 Å². The van der Waals surface area contributed by atoms with Crippen molar-refractivity contribution >= 4 is 15.9 Å². The van der Waals surface area contributed by atoms with E-state index in [4.69, 9.17) is 5.26 Å². The summed E-state index contributed by atoms with van der Waals surface area (Å²) < 4.78 is 3.00. The van der Waals surface area contributed by atoms with Crippen LogP contribution in [0.1, 0.15) is 37.3 Å². The molecule has 4 heteroatoms. The van der Waals surface area contributed by atoms with Crippen LogP contribution in [0.5, 0.6) is 0 Å². The lowest BCUT2D eigenvalue weighted by Crippen LogP contribution is -2.04. The summed E-state index contributed by atoms with van der Waals surface area (Å²) in [5, 5.41) is 13.5. The van der Waals surface area contributed by atoms with Gasteiger partial charge in [-0.25, -0.2) is 0 Å². The molecule has 0 bridgehead atoms. The van der Waals surface area contributed by atoms with E-state index in [9.17, 15) is 0 Å². The lowest BCUT2D eigenvalue weighted by atomic mass is 10.1. The minimum Gasteiger partial charge on any atom is -0.269 e. The Labute approximate surface area is 121 Å². The molecule has 0 amide bonds. The summed E-state index contributed by atoms with van der Waals surface area (Å²) in [6.45, 7) is 0. The second kappa shape index (κ2) is 5.18. The van der Waals surface area contributed by atoms with Crippen molar-refractivity contribution in [1.29, 1.82) is 5.26 Å². The SMILES string of the molecule is N#Cc1cc(Br)cc(-c2cnn(C3CCCC3)c2)c1. The molecule has 1 heterocycles. The second-order valence-corrected chi connectivity index (χ2v) is 5.90. The smallest absolute Gasteiger partial charge is 0.0992 e. The number of rotatable bonds is 2. The van der Waals surface area contributed by atoms with Gasteiger partial charge in [-0.1, -0.05) is 28.8 Å². The van der Waals surface area contributed by atoms with Gasteiger partial charge >= 0.3 is 0 Å². The molecular weight excluding hydrogens is 302 g/mol. The molecule has 96 valence electrons. The van der Waals surface area contributed by atoms with Crippen LogP contribution in [0.25, 0.3) is 11.1 Å². The Morgan fingerprint density at radius 3 is 2.74 bits per heavy atom. The normalized spacial score (nSPS) is 15.6. The molecule has 1 aliphatic carbocycles. The molecule has 0 saturated heterocycles. The molecular formula is C15H14BrN3. The minimum atomic E-state index is 0.552.